The molecule has 0 spiro atoms. The Morgan fingerprint density at radius 3 is 2.33 bits per heavy atom. The number of carbonyl (C=O) groups is 2. The van der Waals surface area contributed by atoms with Crippen LogP contribution in [0.25, 0.3) is 0 Å². The molecule has 8 heteroatoms. The van der Waals surface area contributed by atoms with Crippen molar-refractivity contribution in [1.29, 1.82) is 0 Å². The van der Waals surface area contributed by atoms with E-state index < -0.39 is 27.7 Å². The van der Waals surface area contributed by atoms with Crippen molar-refractivity contribution in [3.05, 3.63) is 59.9 Å². The van der Waals surface area contributed by atoms with E-state index in [-0.39, 0.29) is 29.1 Å². The molecule has 6 nitrogen and oxygen atoms in total. The van der Waals surface area contributed by atoms with E-state index in [0.717, 1.165) is 4.31 Å². The van der Waals surface area contributed by atoms with E-state index in [0.29, 0.717) is 0 Å². The molecule has 1 N–H and O–H groups in total. The van der Waals surface area contributed by atoms with Gasteiger partial charge in [-0.3, -0.25) is 9.59 Å². The molecule has 1 fully saturated rings. The molecular formula is C16H13FN2O4S. The zero-order valence-corrected chi connectivity index (χ0v) is 13.2. The molecule has 1 heterocycles. The second kappa shape index (κ2) is 6.04. The molecular weight excluding hydrogens is 335 g/mol. The molecule has 3 rings (SSSR count). The van der Waals surface area contributed by atoms with Gasteiger partial charge in [-0.25, -0.2) is 17.1 Å². The van der Waals surface area contributed by atoms with Crippen molar-refractivity contribution >= 4 is 33.2 Å². The Labute approximate surface area is 138 Å². The molecule has 0 bridgehead atoms. The van der Waals surface area contributed by atoms with Crippen LogP contribution in [0.5, 0.6) is 0 Å². The largest absolute Gasteiger partial charge is 0.319 e. The minimum Gasteiger partial charge on any atom is -0.319 e. The highest BCUT2D eigenvalue weighted by molar-refractivity contribution is 7.94. The molecule has 1 saturated heterocycles. The van der Waals surface area contributed by atoms with Gasteiger partial charge in [-0.05, 0) is 36.4 Å². The van der Waals surface area contributed by atoms with E-state index in [2.05, 4.69) is 5.32 Å². The summed E-state index contributed by atoms with van der Waals surface area (Å²) in [6.45, 7) is 0. The average Bonchev–Trinajstić information content (AvgIpc) is 2.83. The number of nitrogens with zero attached hydrogens (tertiary/aromatic N) is 1. The Bertz CT molecular complexity index is 910. The lowest BCUT2D eigenvalue weighted by Crippen LogP contribution is -2.29. The molecule has 0 radical (unpaired) electrons. The van der Waals surface area contributed by atoms with Crippen LogP contribution in [0.4, 0.5) is 15.8 Å². The number of carbonyl (C=O) groups excluding carboxylic acids is 2. The maximum atomic E-state index is 13.5. The van der Waals surface area contributed by atoms with Crippen LogP contribution >= 0.6 is 0 Å². The zero-order chi connectivity index (χ0) is 17.3. The molecule has 0 unspecified atom stereocenters. The SMILES string of the molecule is O=C(Nc1ccccc1F)c1ccc(N2C(=O)CCS2(=O)=O)cc1. The number of benzene rings is 2. The highest BCUT2D eigenvalue weighted by atomic mass is 32.2. The summed E-state index contributed by atoms with van der Waals surface area (Å²) in [5.74, 6) is -1.82. The van der Waals surface area contributed by atoms with Gasteiger partial charge in [0.05, 0.1) is 17.1 Å². The van der Waals surface area contributed by atoms with E-state index in [1.807, 2.05) is 0 Å². The first kappa shape index (κ1) is 16.1. The van der Waals surface area contributed by atoms with Crippen molar-refractivity contribution in [2.75, 3.05) is 15.4 Å². The molecule has 2 amide bonds. The predicted molar refractivity (Wildman–Crippen MR) is 86.7 cm³/mol. The van der Waals surface area contributed by atoms with Crippen LogP contribution in [0.2, 0.25) is 0 Å². The van der Waals surface area contributed by atoms with Crippen molar-refractivity contribution in [2.24, 2.45) is 0 Å². The number of sulfonamides is 1. The fraction of sp³-hybridized carbons (Fsp3) is 0.125. The Balaban J connectivity index is 1.81. The molecule has 24 heavy (non-hydrogen) atoms. The summed E-state index contributed by atoms with van der Waals surface area (Å²) in [5.41, 5.74) is 0.440. The first-order chi connectivity index (χ1) is 11.4. The van der Waals surface area contributed by atoms with Gasteiger partial charge in [0.2, 0.25) is 15.9 Å². The molecule has 1 aliphatic rings. The highest BCUT2D eigenvalue weighted by Crippen LogP contribution is 2.25. The molecule has 0 atom stereocenters. The number of rotatable bonds is 3. The van der Waals surface area contributed by atoms with Crippen LogP contribution < -0.4 is 9.62 Å². The monoisotopic (exact) mass is 348 g/mol. The summed E-state index contributed by atoms with van der Waals surface area (Å²) >= 11 is 0. The molecule has 0 aromatic heterocycles. The quantitative estimate of drug-likeness (QED) is 0.921. The summed E-state index contributed by atoms with van der Waals surface area (Å²) in [6.07, 6.45) is -0.0577. The lowest BCUT2D eigenvalue weighted by molar-refractivity contribution is -0.116. The Kier molecular flexibility index (Phi) is 4.06. The lowest BCUT2D eigenvalue weighted by Gasteiger charge is -2.15. The maximum absolute atomic E-state index is 13.5. The van der Waals surface area contributed by atoms with Crippen molar-refractivity contribution < 1.29 is 22.4 Å². The first-order valence-corrected chi connectivity index (χ1v) is 8.71. The van der Waals surface area contributed by atoms with Gasteiger partial charge in [0.1, 0.15) is 5.82 Å². The minimum atomic E-state index is -3.64. The highest BCUT2D eigenvalue weighted by Gasteiger charge is 2.36. The fourth-order valence-electron chi connectivity index (χ4n) is 2.37. The third kappa shape index (κ3) is 3.00. The number of amides is 2. The number of nitrogens with one attached hydrogen (secondary N) is 1. The van der Waals surface area contributed by atoms with Crippen LogP contribution in [0, 0.1) is 5.82 Å². The van der Waals surface area contributed by atoms with E-state index in [4.69, 9.17) is 0 Å². The van der Waals surface area contributed by atoms with Gasteiger partial charge >= 0.3 is 0 Å². The van der Waals surface area contributed by atoms with Crippen LogP contribution in [0.3, 0.4) is 0 Å². The molecule has 124 valence electrons. The molecule has 0 aliphatic carbocycles. The lowest BCUT2D eigenvalue weighted by atomic mass is 10.2. The van der Waals surface area contributed by atoms with Gasteiger partial charge in [0.15, 0.2) is 0 Å². The van der Waals surface area contributed by atoms with Gasteiger partial charge in [0.25, 0.3) is 5.91 Å². The summed E-state index contributed by atoms with van der Waals surface area (Å²) in [4.78, 5) is 23.8. The van der Waals surface area contributed by atoms with Crippen molar-refractivity contribution in [2.45, 2.75) is 6.42 Å². The number of anilines is 2. The first-order valence-electron chi connectivity index (χ1n) is 7.10. The van der Waals surface area contributed by atoms with Crippen molar-refractivity contribution in [3.8, 4) is 0 Å². The van der Waals surface area contributed by atoms with Gasteiger partial charge in [-0.15, -0.1) is 0 Å². The Morgan fingerprint density at radius 1 is 1.08 bits per heavy atom. The van der Waals surface area contributed by atoms with Gasteiger partial charge in [-0.2, -0.15) is 0 Å². The molecule has 2 aromatic carbocycles. The second-order valence-corrected chi connectivity index (χ2v) is 7.14. The fourth-order valence-corrected chi connectivity index (χ4v) is 3.83. The van der Waals surface area contributed by atoms with Gasteiger partial charge < -0.3 is 5.32 Å². The van der Waals surface area contributed by atoms with E-state index >= 15 is 0 Å². The second-order valence-electron chi connectivity index (χ2n) is 5.20. The van der Waals surface area contributed by atoms with Crippen LogP contribution in [0.15, 0.2) is 48.5 Å². The van der Waals surface area contributed by atoms with Crippen LogP contribution in [0.1, 0.15) is 16.8 Å². The Morgan fingerprint density at radius 2 is 1.75 bits per heavy atom. The standard InChI is InChI=1S/C16H13FN2O4S/c17-13-3-1-2-4-14(13)18-16(21)11-5-7-12(8-6-11)19-15(20)9-10-24(19,22)23/h1-8H,9-10H2,(H,18,21). The predicted octanol–water partition coefficient (Wildman–Crippen LogP) is 2.14. The molecule has 2 aromatic rings. The normalized spacial score (nSPS) is 16.2. The average molecular weight is 348 g/mol. The van der Waals surface area contributed by atoms with Gasteiger partial charge in [0, 0.05) is 12.0 Å². The van der Waals surface area contributed by atoms with E-state index in [9.17, 15) is 22.4 Å². The topological polar surface area (TPSA) is 83.6 Å². The number of para-hydroxylation sites is 1. The molecule has 0 saturated carbocycles. The van der Waals surface area contributed by atoms with Crippen molar-refractivity contribution in [3.63, 3.8) is 0 Å². The van der Waals surface area contributed by atoms with E-state index in [1.165, 1.54) is 42.5 Å². The summed E-state index contributed by atoms with van der Waals surface area (Å²) in [6, 6.07) is 11.3. The summed E-state index contributed by atoms with van der Waals surface area (Å²) in [7, 11) is -3.64. The number of halogens is 1. The minimum absolute atomic E-state index is 0.0453. The summed E-state index contributed by atoms with van der Waals surface area (Å²) in [5, 5.41) is 2.43. The molecule has 1 aliphatic heterocycles. The Hall–Kier alpha value is -2.74. The summed E-state index contributed by atoms with van der Waals surface area (Å²) < 4.78 is 38.0. The van der Waals surface area contributed by atoms with Crippen LogP contribution in [-0.4, -0.2) is 26.0 Å². The smallest absolute Gasteiger partial charge is 0.255 e. The number of hydrogen-bond donors (Lipinski definition) is 1. The van der Waals surface area contributed by atoms with E-state index in [1.54, 1.807) is 6.07 Å². The van der Waals surface area contributed by atoms with Crippen molar-refractivity contribution in [1.82, 2.24) is 0 Å². The van der Waals surface area contributed by atoms with Gasteiger partial charge in [-0.1, -0.05) is 12.1 Å². The maximum Gasteiger partial charge on any atom is 0.255 e. The third-order valence-electron chi connectivity index (χ3n) is 3.56. The zero-order valence-electron chi connectivity index (χ0n) is 12.4. The number of hydrogen-bond acceptors (Lipinski definition) is 4. The van der Waals surface area contributed by atoms with Crippen LogP contribution in [-0.2, 0) is 14.8 Å². The third-order valence-corrected chi connectivity index (χ3v) is 5.26.